The average Bonchev–Trinajstić information content (AvgIpc) is 3.37. The Morgan fingerprint density at radius 1 is 1.12 bits per heavy atom. The average molecular weight is 343 g/mol. The minimum Gasteiger partial charge on any atom is -0.367 e. The number of pyridine rings is 1. The van der Waals surface area contributed by atoms with Crippen LogP contribution in [0, 0.1) is 5.92 Å². The number of primary amides is 1. The van der Waals surface area contributed by atoms with Crippen LogP contribution in [0.2, 0.25) is 0 Å². The summed E-state index contributed by atoms with van der Waals surface area (Å²) in [6, 6.07) is 3.78. The molecule has 1 aromatic heterocycles. The summed E-state index contributed by atoms with van der Waals surface area (Å²) in [7, 11) is 0. The molecule has 2 amide bonds. The van der Waals surface area contributed by atoms with Crippen LogP contribution in [-0.2, 0) is 9.53 Å². The van der Waals surface area contributed by atoms with E-state index in [1.54, 1.807) is 6.20 Å². The van der Waals surface area contributed by atoms with Crippen LogP contribution in [0.15, 0.2) is 18.3 Å². The molecule has 1 aliphatic carbocycles. The van der Waals surface area contributed by atoms with Crippen LogP contribution in [0.3, 0.4) is 0 Å². The lowest BCUT2D eigenvalue weighted by atomic mass is 9.89. The van der Waals surface area contributed by atoms with Gasteiger partial charge in [-0.25, -0.2) is 0 Å². The Labute approximate surface area is 147 Å². The normalized spacial score (nSPS) is 27.4. The number of nitrogens with zero attached hydrogens (tertiary/aromatic N) is 2. The lowest BCUT2D eigenvalue weighted by Gasteiger charge is -2.34. The van der Waals surface area contributed by atoms with Gasteiger partial charge >= 0.3 is 0 Å². The van der Waals surface area contributed by atoms with E-state index in [9.17, 15) is 9.59 Å². The molecule has 6 nitrogen and oxygen atoms in total. The number of carbonyl (C=O) groups is 2. The lowest BCUT2D eigenvalue weighted by Crippen LogP contribution is -2.41. The number of likely N-dealkylation sites (tertiary alicyclic amines) is 1. The van der Waals surface area contributed by atoms with Gasteiger partial charge in [-0.3, -0.25) is 14.6 Å². The van der Waals surface area contributed by atoms with Crippen LogP contribution in [0.1, 0.15) is 60.5 Å². The molecular weight excluding hydrogens is 318 g/mol. The minimum absolute atomic E-state index is 0.102. The zero-order chi connectivity index (χ0) is 17.4. The minimum atomic E-state index is -0.428. The number of rotatable bonds is 4. The number of aromatic nitrogens is 1. The lowest BCUT2D eigenvalue weighted by molar-refractivity contribution is -0.130. The van der Waals surface area contributed by atoms with Gasteiger partial charge in [0.15, 0.2) is 0 Å². The highest BCUT2D eigenvalue weighted by atomic mass is 16.5. The van der Waals surface area contributed by atoms with Crippen LogP contribution in [0.25, 0.3) is 0 Å². The third-order valence-electron chi connectivity index (χ3n) is 5.75. The van der Waals surface area contributed by atoms with Crippen molar-refractivity contribution in [3.8, 4) is 0 Å². The molecule has 0 spiro atoms. The molecule has 1 saturated carbocycles. The summed E-state index contributed by atoms with van der Waals surface area (Å²) < 4.78 is 5.81. The Bertz CT molecular complexity index is 666. The van der Waals surface area contributed by atoms with Gasteiger partial charge in [0.05, 0.1) is 6.10 Å². The van der Waals surface area contributed by atoms with Crippen molar-refractivity contribution in [1.29, 1.82) is 0 Å². The maximum atomic E-state index is 12.8. The molecule has 2 saturated heterocycles. The van der Waals surface area contributed by atoms with Gasteiger partial charge in [0, 0.05) is 36.5 Å². The maximum Gasteiger partial charge on any atom is 0.253 e. The van der Waals surface area contributed by atoms with Gasteiger partial charge in [-0.05, 0) is 56.6 Å². The van der Waals surface area contributed by atoms with E-state index in [1.165, 1.54) is 12.8 Å². The van der Waals surface area contributed by atoms with Crippen molar-refractivity contribution in [3.63, 3.8) is 0 Å². The fraction of sp³-hybridized carbons (Fsp3) is 0.632. The van der Waals surface area contributed by atoms with E-state index in [-0.39, 0.29) is 17.9 Å². The zero-order valence-electron chi connectivity index (χ0n) is 14.4. The van der Waals surface area contributed by atoms with E-state index in [4.69, 9.17) is 10.5 Å². The zero-order valence-corrected chi connectivity index (χ0v) is 14.4. The Balaban J connectivity index is 1.33. The molecule has 6 heteroatoms. The number of hydrogen-bond donors (Lipinski definition) is 1. The van der Waals surface area contributed by atoms with E-state index < -0.39 is 6.10 Å². The molecule has 3 heterocycles. The number of hydrogen-bond acceptors (Lipinski definition) is 4. The number of piperidine rings is 1. The second-order valence-corrected chi connectivity index (χ2v) is 7.52. The van der Waals surface area contributed by atoms with Crippen molar-refractivity contribution in [3.05, 3.63) is 29.6 Å². The van der Waals surface area contributed by atoms with Crippen LogP contribution in [0.4, 0.5) is 0 Å². The van der Waals surface area contributed by atoms with E-state index in [2.05, 4.69) is 4.98 Å². The second-order valence-electron chi connectivity index (χ2n) is 7.52. The van der Waals surface area contributed by atoms with Gasteiger partial charge in [-0.15, -0.1) is 0 Å². The number of carbonyl (C=O) groups excluding carboxylic acids is 2. The first-order chi connectivity index (χ1) is 12.1. The molecule has 2 N–H and O–H groups in total. The topological polar surface area (TPSA) is 85.5 Å². The standard InChI is InChI=1S/C19H25N3O3/c20-18(23)17-4-3-16(25-17)13-6-9-22(10-7-13)19(24)14-5-8-21-15(11-14)12-1-2-12/h5,8,11-13,16-17H,1-4,6-7,9-10H2,(H2,20,23)/t16-,17+/m0/s1. The first kappa shape index (κ1) is 16.5. The molecule has 2 atom stereocenters. The fourth-order valence-electron chi connectivity index (χ4n) is 4.06. The van der Waals surface area contributed by atoms with Crippen molar-refractivity contribution in [2.24, 2.45) is 11.7 Å². The van der Waals surface area contributed by atoms with Gasteiger partial charge in [0.25, 0.3) is 5.91 Å². The number of ether oxygens (including phenoxy) is 1. The van der Waals surface area contributed by atoms with Crippen LogP contribution in [0.5, 0.6) is 0 Å². The van der Waals surface area contributed by atoms with Gasteiger partial charge in [0.1, 0.15) is 6.10 Å². The largest absolute Gasteiger partial charge is 0.367 e. The Hall–Kier alpha value is -1.95. The summed E-state index contributed by atoms with van der Waals surface area (Å²) >= 11 is 0. The van der Waals surface area contributed by atoms with Gasteiger partial charge in [0.2, 0.25) is 5.91 Å². The van der Waals surface area contributed by atoms with E-state index in [0.717, 1.165) is 50.0 Å². The Morgan fingerprint density at radius 2 is 1.88 bits per heavy atom. The quantitative estimate of drug-likeness (QED) is 0.904. The molecule has 25 heavy (non-hydrogen) atoms. The van der Waals surface area contributed by atoms with Crippen molar-refractivity contribution in [2.75, 3.05) is 13.1 Å². The summed E-state index contributed by atoms with van der Waals surface area (Å²) in [5.74, 6) is 0.702. The van der Waals surface area contributed by atoms with Crippen molar-refractivity contribution in [1.82, 2.24) is 9.88 Å². The molecule has 4 rings (SSSR count). The smallest absolute Gasteiger partial charge is 0.253 e. The van der Waals surface area contributed by atoms with E-state index in [1.807, 2.05) is 17.0 Å². The molecule has 134 valence electrons. The maximum absolute atomic E-state index is 12.8. The highest BCUT2D eigenvalue weighted by molar-refractivity contribution is 5.94. The fourth-order valence-corrected chi connectivity index (χ4v) is 4.06. The highest BCUT2D eigenvalue weighted by Gasteiger charge is 2.36. The summed E-state index contributed by atoms with van der Waals surface area (Å²) in [6.07, 6.45) is 7.25. The predicted octanol–water partition coefficient (Wildman–Crippen LogP) is 1.84. The molecule has 0 aromatic carbocycles. The van der Waals surface area contributed by atoms with Gasteiger partial charge < -0.3 is 15.4 Å². The van der Waals surface area contributed by atoms with Crippen LogP contribution < -0.4 is 5.73 Å². The summed E-state index contributed by atoms with van der Waals surface area (Å²) in [5, 5.41) is 0. The molecule has 2 aliphatic heterocycles. The molecular formula is C19H25N3O3. The second kappa shape index (κ2) is 6.75. The third-order valence-corrected chi connectivity index (χ3v) is 5.75. The van der Waals surface area contributed by atoms with Crippen molar-refractivity contribution >= 4 is 11.8 Å². The number of amides is 2. The Kier molecular flexibility index (Phi) is 4.46. The predicted molar refractivity (Wildman–Crippen MR) is 91.9 cm³/mol. The summed E-state index contributed by atoms with van der Waals surface area (Å²) in [4.78, 5) is 30.3. The summed E-state index contributed by atoms with van der Waals surface area (Å²) in [6.45, 7) is 1.48. The van der Waals surface area contributed by atoms with Crippen LogP contribution >= 0.6 is 0 Å². The van der Waals surface area contributed by atoms with Gasteiger partial charge in [-0.2, -0.15) is 0 Å². The van der Waals surface area contributed by atoms with Crippen LogP contribution in [-0.4, -0.2) is 47.0 Å². The highest BCUT2D eigenvalue weighted by Crippen LogP contribution is 2.39. The monoisotopic (exact) mass is 343 g/mol. The molecule has 3 aliphatic rings. The molecule has 0 bridgehead atoms. The SMILES string of the molecule is NC(=O)[C@H]1CC[C@@H](C2CCN(C(=O)c3ccnc(C4CC4)c3)CC2)O1. The van der Waals surface area contributed by atoms with E-state index >= 15 is 0 Å². The molecule has 3 fully saturated rings. The molecule has 0 radical (unpaired) electrons. The van der Waals surface area contributed by atoms with Crippen molar-refractivity contribution in [2.45, 2.75) is 56.7 Å². The van der Waals surface area contributed by atoms with E-state index in [0.29, 0.717) is 11.8 Å². The van der Waals surface area contributed by atoms with Crippen molar-refractivity contribution < 1.29 is 14.3 Å². The summed E-state index contributed by atoms with van der Waals surface area (Å²) in [5.41, 5.74) is 7.14. The molecule has 0 unspecified atom stereocenters. The number of nitrogens with two attached hydrogens (primary N) is 1. The first-order valence-corrected chi connectivity index (χ1v) is 9.32. The molecule has 1 aromatic rings. The third kappa shape index (κ3) is 3.54. The Morgan fingerprint density at radius 3 is 2.52 bits per heavy atom. The van der Waals surface area contributed by atoms with Gasteiger partial charge in [-0.1, -0.05) is 0 Å². The first-order valence-electron chi connectivity index (χ1n) is 9.32.